The Labute approximate surface area is 220 Å². The zero-order chi connectivity index (χ0) is 26.1. The fraction of sp³-hybridized carbons (Fsp3) is 0.0345. The molecule has 2 heterocycles. The number of amides is 2. The number of halogens is 1. The second kappa shape index (κ2) is 9.87. The molecule has 0 aliphatic heterocycles. The van der Waals surface area contributed by atoms with Gasteiger partial charge in [0.05, 0.1) is 34.0 Å². The maximum absolute atomic E-state index is 13.2. The van der Waals surface area contributed by atoms with Crippen LogP contribution < -0.4 is 16.2 Å². The molecule has 2 N–H and O–H groups in total. The normalized spacial score (nSPS) is 11.1. The van der Waals surface area contributed by atoms with Crippen LogP contribution in [-0.2, 0) is 6.54 Å². The fourth-order valence-electron chi connectivity index (χ4n) is 4.18. The predicted octanol–water partition coefficient (Wildman–Crippen LogP) is 6.50. The van der Waals surface area contributed by atoms with Crippen LogP contribution in [0.25, 0.3) is 32.2 Å². The van der Waals surface area contributed by atoms with E-state index in [1.807, 2.05) is 66.7 Å². The Morgan fingerprint density at radius 1 is 0.868 bits per heavy atom. The molecule has 2 aromatic heterocycles. The lowest BCUT2D eigenvalue weighted by Gasteiger charge is -2.08. The van der Waals surface area contributed by atoms with Gasteiger partial charge in [0.2, 0.25) is 0 Å². The largest absolute Gasteiger partial charge is 0.325 e. The van der Waals surface area contributed by atoms with E-state index in [-0.39, 0.29) is 11.4 Å². The molecule has 0 atom stereocenters. The van der Waals surface area contributed by atoms with Crippen LogP contribution in [0.2, 0.25) is 0 Å². The second-order valence-electron chi connectivity index (χ2n) is 8.68. The van der Waals surface area contributed by atoms with E-state index in [2.05, 4.69) is 20.6 Å². The molecule has 0 saturated carbocycles. The van der Waals surface area contributed by atoms with E-state index >= 15 is 0 Å². The monoisotopic (exact) mass is 521 g/mol. The van der Waals surface area contributed by atoms with Gasteiger partial charge in [-0.3, -0.25) is 14.7 Å². The van der Waals surface area contributed by atoms with Crippen LogP contribution in [0, 0.1) is 5.82 Å². The number of hydrogen-bond donors (Lipinski definition) is 2. The van der Waals surface area contributed by atoms with Crippen molar-refractivity contribution in [2.75, 3.05) is 10.6 Å². The summed E-state index contributed by atoms with van der Waals surface area (Å²) in [5.74, 6) is -0.376. The van der Waals surface area contributed by atoms with Gasteiger partial charge in [-0.2, -0.15) is 0 Å². The zero-order valence-electron chi connectivity index (χ0n) is 19.9. The number of fused-ring (bicyclic) bond motifs is 2. The third kappa shape index (κ3) is 4.87. The van der Waals surface area contributed by atoms with Gasteiger partial charge in [0, 0.05) is 5.69 Å². The van der Waals surface area contributed by atoms with Crippen LogP contribution in [0.3, 0.4) is 0 Å². The molecule has 0 unspecified atom stereocenters. The van der Waals surface area contributed by atoms with Gasteiger partial charge in [0.1, 0.15) is 5.82 Å². The van der Waals surface area contributed by atoms with Gasteiger partial charge in [-0.15, -0.1) is 0 Å². The van der Waals surface area contributed by atoms with Crippen LogP contribution in [0.5, 0.6) is 0 Å². The number of anilines is 2. The molecular formula is C29H20FN5O2S. The third-order valence-electron chi connectivity index (χ3n) is 6.06. The highest BCUT2D eigenvalue weighted by Crippen LogP contribution is 2.31. The highest BCUT2D eigenvalue weighted by molar-refractivity contribution is 7.22. The highest BCUT2D eigenvalue weighted by Gasteiger charge is 2.11. The van der Waals surface area contributed by atoms with Crippen LogP contribution in [0.15, 0.2) is 102 Å². The molecular weight excluding hydrogens is 501 g/mol. The van der Waals surface area contributed by atoms with E-state index < -0.39 is 6.03 Å². The van der Waals surface area contributed by atoms with Gasteiger partial charge >= 0.3 is 6.03 Å². The summed E-state index contributed by atoms with van der Waals surface area (Å²) in [4.78, 5) is 34.6. The summed E-state index contributed by atoms with van der Waals surface area (Å²) in [6.45, 7) is 0.447. The first-order valence-corrected chi connectivity index (χ1v) is 12.6. The number of thiazole rings is 1. The number of nitrogens with zero attached hydrogens (tertiary/aromatic N) is 3. The number of carbonyl (C=O) groups is 1. The molecule has 6 aromatic rings. The second-order valence-corrected chi connectivity index (χ2v) is 9.71. The molecule has 4 aromatic carbocycles. The van der Waals surface area contributed by atoms with Gasteiger partial charge in [0.25, 0.3) is 5.56 Å². The quantitative estimate of drug-likeness (QED) is 0.271. The van der Waals surface area contributed by atoms with Crippen molar-refractivity contribution < 1.29 is 9.18 Å². The van der Waals surface area contributed by atoms with Crippen molar-refractivity contribution in [3.63, 3.8) is 0 Å². The smallest absolute Gasteiger partial charge is 0.308 e. The SMILES string of the molecule is O=C(Nc1ccc(F)cc1)Nc1nc2cc(-c3ccc4ncn(Cc5ccccc5)c(=O)c4c3)ccc2s1. The molecule has 38 heavy (non-hydrogen) atoms. The third-order valence-corrected chi connectivity index (χ3v) is 7.02. The van der Waals surface area contributed by atoms with E-state index in [1.165, 1.54) is 35.6 Å². The summed E-state index contributed by atoms with van der Waals surface area (Å²) in [5, 5.41) is 6.35. The summed E-state index contributed by atoms with van der Waals surface area (Å²) >= 11 is 1.34. The van der Waals surface area contributed by atoms with Crippen molar-refractivity contribution in [2.24, 2.45) is 0 Å². The summed E-state index contributed by atoms with van der Waals surface area (Å²) in [6.07, 6.45) is 1.58. The molecule has 0 aliphatic rings. The molecule has 0 bridgehead atoms. The molecule has 6 rings (SSSR count). The number of aromatic nitrogens is 3. The Balaban J connectivity index is 1.26. The molecule has 0 aliphatic carbocycles. The maximum atomic E-state index is 13.2. The van der Waals surface area contributed by atoms with E-state index in [0.29, 0.717) is 28.3 Å². The lowest BCUT2D eigenvalue weighted by molar-refractivity contribution is 0.262. The first kappa shape index (κ1) is 23.5. The standard InChI is InChI=1S/C29H20FN5O2S/c30-21-8-10-22(11-9-21)32-28(37)34-29-33-25-15-20(7-13-26(25)38-29)19-6-12-24-23(14-19)27(36)35(17-31-24)16-18-4-2-1-3-5-18/h1-15,17H,16H2,(H2,32,33,34,37). The summed E-state index contributed by atoms with van der Waals surface area (Å²) in [7, 11) is 0. The van der Waals surface area contributed by atoms with Crippen molar-refractivity contribution in [1.29, 1.82) is 0 Å². The summed E-state index contributed by atoms with van der Waals surface area (Å²) in [5.41, 5.74) is 4.51. The fourth-order valence-corrected chi connectivity index (χ4v) is 5.03. The van der Waals surface area contributed by atoms with Crippen molar-refractivity contribution in [3.8, 4) is 11.1 Å². The average molecular weight is 522 g/mol. The van der Waals surface area contributed by atoms with Crippen LogP contribution in [-0.4, -0.2) is 20.6 Å². The first-order valence-electron chi connectivity index (χ1n) is 11.8. The lowest BCUT2D eigenvalue weighted by Crippen LogP contribution is -2.21. The number of nitrogens with one attached hydrogen (secondary N) is 2. The minimum absolute atomic E-state index is 0.103. The van der Waals surface area contributed by atoms with Gasteiger partial charge in [-0.25, -0.2) is 19.2 Å². The topological polar surface area (TPSA) is 88.9 Å². The minimum atomic E-state index is -0.468. The van der Waals surface area contributed by atoms with E-state index in [9.17, 15) is 14.0 Å². The molecule has 0 saturated heterocycles. The van der Waals surface area contributed by atoms with Gasteiger partial charge < -0.3 is 5.32 Å². The molecule has 7 nitrogen and oxygen atoms in total. The molecule has 2 amide bonds. The van der Waals surface area contributed by atoms with Crippen LogP contribution >= 0.6 is 11.3 Å². The van der Waals surface area contributed by atoms with E-state index in [4.69, 9.17) is 0 Å². The number of benzene rings is 4. The molecule has 0 radical (unpaired) electrons. The van der Waals surface area contributed by atoms with Crippen molar-refractivity contribution in [3.05, 3.63) is 119 Å². The molecule has 186 valence electrons. The average Bonchev–Trinajstić information content (AvgIpc) is 3.33. The number of urea groups is 1. The Kier molecular flexibility index (Phi) is 6.11. The number of carbonyl (C=O) groups excluding carboxylic acids is 1. The Morgan fingerprint density at radius 3 is 2.45 bits per heavy atom. The van der Waals surface area contributed by atoms with Crippen LogP contribution in [0.4, 0.5) is 20.0 Å². The highest BCUT2D eigenvalue weighted by atomic mass is 32.1. The Bertz CT molecular complexity index is 1850. The molecule has 9 heteroatoms. The number of rotatable bonds is 5. The lowest BCUT2D eigenvalue weighted by atomic mass is 10.0. The van der Waals surface area contributed by atoms with Crippen molar-refractivity contribution >= 4 is 49.3 Å². The summed E-state index contributed by atoms with van der Waals surface area (Å²) < 4.78 is 15.6. The number of hydrogen-bond acceptors (Lipinski definition) is 5. The summed E-state index contributed by atoms with van der Waals surface area (Å²) in [6, 6.07) is 26.3. The van der Waals surface area contributed by atoms with Gasteiger partial charge in [-0.05, 0) is 65.2 Å². The predicted molar refractivity (Wildman–Crippen MR) is 149 cm³/mol. The minimum Gasteiger partial charge on any atom is -0.308 e. The molecule has 0 fully saturated rings. The van der Waals surface area contributed by atoms with E-state index in [0.717, 1.165) is 26.9 Å². The maximum Gasteiger partial charge on any atom is 0.325 e. The van der Waals surface area contributed by atoms with Gasteiger partial charge in [0.15, 0.2) is 5.13 Å². The zero-order valence-corrected chi connectivity index (χ0v) is 20.7. The first-order chi connectivity index (χ1) is 18.5. The van der Waals surface area contributed by atoms with E-state index in [1.54, 1.807) is 10.9 Å². The Morgan fingerprint density at radius 2 is 1.63 bits per heavy atom. The van der Waals surface area contributed by atoms with Crippen LogP contribution in [0.1, 0.15) is 5.56 Å². The van der Waals surface area contributed by atoms with Gasteiger partial charge in [-0.1, -0.05) is 53.8 Å². The Hall–Kier alpha value is -4.89. The van der Waals surface area contributed by atoms with Crippen molar-refractivity contribution in [1.82, 2.24) is 14.5 Å². The van der Waals surface area contributed by atoms with Crippen molar-refractivity contribution in [2.45, 2.75) is 6.54 Å². The molecule has 0 spiro atoms.